The van der Waals surface area contributed by atoms with Crippen LogP contribution in [0, 0.1) is 51.2 Å². The van der Waals surface area contributed by atoms with Gasteiger partial charge in [-0.15, -0.1) is 0 Å². The minimum absolute atomic E-state index is 0.0217. The topological polar surface area (TPSA) is 76.7 Å². The molecule has 0 aliphatic heterocycles. The second kappa shape index (κ2) is 13.3. The molecule has 242 valence electrons. The second-order valence-corrected chi connectivity index (χ2v) is 17.0. The Kier molecular flexibility index (Phi) is 10.6. The Morgan fingerprint density at radius 1 is 0.881 bits per heavy atom. The SMILES string of the molecule is CCCCNC(=O)OCC1(C)CCC(C)(C)C(NC(=O)OCC2(C)CCCC3(C)C4CCC(C(C)C)CC4CCC23)C1. The maximum atomic E-state index is 13.3. The lowest BCUT2D eigenvalue weighted by Crippen LogP contribution is -2.56. The van der Waals surface area contributed by atoms with E-state index < -0.39 is 0 Å². The van der Waals surface area contributed by atoms with Crippen LogP contribution in [0.4, 0.5) is 9.59 Å². The van der Waals surface area contributed by atoms with E-state index in [1.165, 1.54) is 44.9 Å². The molecule has 4 aliphatic carbocycles. The molecule has 4 fully saturated rings. The molecule has 8 atom stereocenters. The van der Waals surface area contributed by atoms with Gasteiger partial charge in [-0.25, -0.2) is 9.59 Å². The molecule has 8 unspecified atom stereocenters. The van der Waals surface area contributed by atoms with Crippen molar-refractivity contribution >= 4 is 12.2 Å². The summed E-state index contributed by atoms with van der Waals surface area (Å²) in [6, 6.07) is -0.0217. The molecule has 6 nitrogen and oxygen atoms in total. The molecule has 0 aromatic heterocycles. The predicted molar refractivity (Wildman–Crippen MR) is 170 cm³/mol. The van der Waals surface area contributed by atoms with Crippen molar-refractivity contribution in [3.63, 3.8) is 0 Å². The van der Waals surface area contributed by atoms with E-state index in [0.717, 1.165) is 62.2 Å². The monoisotopic (exact) mass is 588 g/mol. The van der Waals surface area contributed by atoms with Gasteiger partial charge in [0.2, 0.25) is 0 Å². The molecule has 0 aromatic carbocycles. The highest BCUT2D eigenvalue weighted by Gasteiger charge is 2.57. The molecule has 2 amide bonds. The van der Waals surface area contributed by atoms with E-state index in [0.29, 0.717) is 31.1 Å². The number of ether oxygens (including phenoxy) is 2. The molecule has 0 aromatic rings. The van der Waals surface area contributed by atoms with E-state index in [4.69, 9.17) is 9.47 Å². The fourth-order valence-corrected chi connectivity index (χ4v) is 9.91. The first-order valence-electron chi connectivity index (χ1n) is 17.6. The van der Waals surface area contributed by atoms with Gasteiger partial charge in [0.05, 0.1) is 13.2 Å². The summed E-state index contributed by atoms with van der Waals surface area (Å²) in [5.74, 6) is 4.03. The quantitative estimate of drug-likeness (QED) is 0.263. The summed E-state index contributed by atoms with van der Waals surface area (Å²) >= 11 is 0. The van der Waals surface area contributed by atoms with Crippen molar-refractivity contribution in [3.8, 4) is 0 Å². The first-order valence-corrected chi connectivity index (χ1v) is 17.6. The van der Waals surface area contributed by atoms with Crippen LogP contribution in [0.1, 0.15) is 139 Å². The van der Waals surface area contributed by atoms with Gasteiger partial charge in [0.1, 0.15) is 0 Å². The maximum Gasteiger partial charge on any atom is 0.407 e. The third-order valence-corrected chi connectivity index (χ3v) is 12.9. The van der Waals surface area contributed by atoms with Crippen LogP contribution >= 0.6 is 0 Å². The zero-order valence-corrected chi connectivity index (χ0v) is 28.4. The first kappa shape index (κ1) is 33.4. The highest BCUT2D eigenvalue weighted by Crippen LogP contribution is 2.64. The third-order valence-electron chi connectivity index (χ3n) is 12.9. The Hall–Kier alpha value is -1.46. The Labute approximate surface area is 257 Å². The number of hydrogen-bond acceptors (Lipinski definition) is 4. The average Bonchev–Trinajstić information content (AvgIpc) is 2.93. The minimum Gasteiger partial charge on any atom is -0.449 e. The number of nitrogens with one attached hydrogen (secondary N) is 2. The smallest absolute Gasteiger partial charge is 0.407 e. The Bertz CT molecular complexity index is 935. The van der Waals surface area contributed by atoms with Gasteiger partial charge in [0.25, 0.3) is 0 Å². The summed E-state index contributed by atoms with van der Waals surface area (Å²) in [4.78, 5) is 25.5. The molecule has 4 saturated carbocycles. The minimum atomic E-state index is -0.340. The van der Waals surface area contributed by atoms with Gasteiger partial charge in [-0.3, -0.25) is 0 Å². The number of alkyl carbamates (subject to hydrolysis) is 2. The fourth-order valence-electron chi connectivity index (χ4n) is 9.91. The number of carbonyl (C=O) groups is 2. The zero-order chi connectivity index (χ0) is 30.8. The van der Waals surface area contributed by atoms with Crippen LogP contribution in [0.3, 0.4) is 0 Å². The Morgan fingerprint density at radius 2 is 1.62 bits per heavy atom. The molecule has 42 heavy (non-hydrogen) atoms. The molecule has 0 radical (unpaired) electrons. The number of carbonyl (C=O) groups excluding carboxylic acids is 2. The highest BCUT2D eigenvalue weighted by molar-refractivity contribution is 5.68. The summed E-state index contributed by atoms with van der Waals surface area (Å²) < 4.78 is 11.7. The Morgan fingerprint density at radius 3 is 2.33 bits per heavy atom. The summed E-state index contributed by atoms with van der Waals surface area (Å²) in [7, 11) is 0. The summed E-state index contributed by atoms with van der Waals surface area (Å²) in [6.45, 7) is 20.1. The lowest BCUT2D eigenvalue weighted by atomic mass is 9.44. The fraction of sp³-hybridized carbons (Fsp3) is 0.944. The van der Waals surface area contributed by atoms with Gasteiger partial charge in [-0.05, 0) is 111 Å². The average molecular weight is 589 g/mol. The summed E-state index contributed by atoms with van der Waals surface area (Å²) in [5.41, 5.74) is 0.204. The largest absolute Gasteiger partial charge is 0.449 e. The second-order valence-electron chi connectivity index (χ2n) is 17.0. The zero-order valence-electron chi connectivity index (χ0n) is 28.4. The van der Waals surface area contributed by atoms with E-state index >= 15 is 0 Å². The van der Waals surface area contributed by atoms with Crippen LogP contribution in [0.25, 0.3) is 0 Å². The molecule has 6 heteroatoms. The number of amides is 2. The van der Waals surface area contributed by atoms with Gasteiger partial charge < -0.3 is 20.1 Å². The van der Waals surface area contributed by atoms with E-state index in [2.05, 4.69) is 66.0 Å². The molecule has 2 N–H and O–H groups in total. The van der Waals surface area contributed by atoms with Gasteiger partial charge >= 0.3 is 12.2 Å². The Balaban J connectivity index is 1.33. The number of unbranched alkanes of at least 4 members (excludes halogenated alkanes) is 1. The molecule has 0 saturated heterocycles. The number of rotatable bonds is 9. The van der Waals surface area contributed by atoms with Gasteiger partial charge in [-0.1, -0.05) is 68.2 Å². The van der Waals surface area contributed by atoms with Crippen molar-refractivity contribution in [2.75, 3.05) is 19.8 Å². The summed E-state index contributed by atoms with van der Waals surface area (Å²) in [6.07, 6.45) is 14.6. The standard InChI is InChI=1S/C36H64N2O4/c1-9-10-20-37-31(39)41-23-34(6)19-18-33(4,5)30(22-34)38-32(40)42-24-35(7)16-11-17-36(8)28-14-12-26(25(2)3)21-27(28)13-15-29(35)36/h25-30H,9-24H2,1-8H3,(H,37,39)(H,38,40). The lowest BCUT2D eigenvalue weighted by molar-refractivity contribution is -0.136. The van der Waals surface area contributed by atoms with Crippen molar-refractivity contribution < 1.29 is 19.1 Å². The van der Waals surface area contributed by atoms with Crippen molar-refractivity contribution in [2.24, 2.45) is 51.2 Å². The molecular weight excluding hydrogens is 524 g/mol. The normalized spacial score (nSPS) is 39.5. The van der Waals surface area contributed by atoms with Crippen LogP contribution in [0.2, 0.25) is 0 Å². The highest BCUT2D eigenvalue weighted by atomic mass is 16.6. The third kappa shape index (κ3) is 7.42. The van der Waals surface area contributed by atoms with Crippen molar-refractivity contribution in [2.45, 2.75) is 145 Å². The molecule has 0 spiro atoms. The maximum absolute atomic E-state index is 13.3. The van der Waals surface area contributed by atoms with Gasteiger partial charge in [0.15, 0.2) is 0 Å². The summed E-state index contributed by atoms with van der Waals surface area (Å²) in [5, 5.41) is 6.12. The lowest BCUT2D eigenvalue weighted by Gasteiger charge is -2.61. The van der Waals surface area contributed by atoms with Crippen molar-refractivity contribution in [3.05, 3.63) is 0 Å². The van der Waals surface area contributed by atoms with Crippen LogP contribution in [0.15, 0.2) is 0 Å². The van der Waals surface area contributed by atoms with E-state index in [1.54, 1.807) is 0 Å². The molecule has 4 aliphatic rings. The molecule has 0 heterocycles. The molecular formula is C36H64N2O4. The molecule has 0 bridgehead atoms. The van der Waals surface area contributed by atoms with E-state index in [9.17, 15) is 9.59 Å². The van der Waals surface area contributed by atoms with Crippen LogP contribution in [-0.2, 0) is 9.47 Å². The van der Waals surface area contributed by atoms with Crippen LogP contribution < -0.4 is 10.6 Å². The van der Waals surface area contributed by atoms with Gasteiger partial charge in [0, 0.05) is 23.4 Å². The number of hydrogen-bond donors (Lipinski definition) is 2. The first-order chi connectivity index (χ1) is 19.7. The van der Waals surface area contributed by atoms with Crippen LogP contribution in [-0.4, -0.2) is 38.0 Å². The number of fused-ring (bicyclic) bond motifs is 3. The molecule has 4 rings (SSSR count). The van der Waals surface area contributed by atoms with Gasteiger partial charge in [-0.2, -0.15) is 0 Å². The van der Waals surface area contributed by atoms with Crippen LogP contribution in [0.5, 0.6) is 0 Å². The van der Waals surface area contributed by atoms with Crippen molar-refractivity contribution in [1.82, 2.24) is 10.6 Å². The van der Waals surface area contributed by atoms with E-state index in [-0.39, 0.29) is 34.5 Å². The predicted octanol–water partition coefficient (Wildman–Crippen LogP) is 9.12. The van der Waals surface area contributed by atoms with E-state index in [1.807, 2.05) is 0 Å². The van der Waals surface area contributed by atoms with Crippen molar-refractivity contribution in [1.29, 1.82) is 0 Å².